The lowest BCUT2D eigenvalue weighted by Gasteiger charge is -1.97. The van der Waals surface area contributed by atoms with Gasteiger partial charge in [0.25, 0.3) is 0 Å². The molecule has 1 radical (unpaired) electrons. The summed E-state index contributed by atoms with van der Waals surface area (Å²) in [4.78, 5) is 3.30. The molecule has 3 aromatic rings. The van der Waals surface area contributed by atoms with Gasteiger partial charge in [0.2, 0.25) is 0 Å². The molecule has 1 heterocycles. The number of aromatic amines is 1. The van der Waals surface area contributed by atoms with Crippen LogP contribution in [-0.2, 0) is 0 Å². The number of fused-ring (bicyclic) bond motifs is 1. The molecule has 17 heavy (non-hydrogen) atoms. The van der Waals surface area contributed by atoms with Gasteiger partial charge in [-0.15, -0.1) is 0 Å². The number of halogens is 2. The predicted octanol–water partition coefficient (Wildman–Crippen LogP) is 4.94. The van der Waals surface area contributed by atoms with E-state index in [2.05, 4.69) is 11.1 Å². The number of hydrogen-bond donors (Lipinski definition) is 1. The first-order valence-electron chi connectivity index (χ1n) is 5.19. The Balaban J connectivity index is 2.28. The quantitative estimate of drug-likeness (QED) is 0.638. The van der Waals surface area contributed by atoms with Crippen LogP contribution in [0.15, 0.2) is 42.5 Å². The van der Waals surface area contributed by atoms with Crippen molar-refractivity contribution in [3.63, 3.8) is 0 Å². The minimum absolute atomic E-state index is 0.686. The molecule has 0 unspecified atom stereocenters. The van der Waals surface area contributed by atoms with Gasteiger partial charge in [-0.25, -0.2) is 0 Å². The van der Waals surface area contributed by atoms with E-state index in [0.29, 0.717) is 10.0 Å². The van der Waals surface area contributed by atoms with Crippen LogP contribution in [0, 0.1) is 6.07 Å². The van der Waals surface area contributed by atoms with E-state index < -0.39 is 0 Å². The summed E-state index contributed by atoms with van der Waals surface area (Å²) in [6.07, 6.45) is 0. The van der Waals surface area contributed by atoms with Crippen molar-refractivity contribution in [3.8, 4) is 11.3 Å². The fourth-order valence-corrected chi connectivity index (χ4v) is 2.37. The first-order valence-corrected chi connectivity index (χ1v) is 5.94. The third-order valence-corrected chi connectivity index (χ3v) is 3.33. The highest BCUT2D eigenvalue weighted by Gasteiger charge is 2.10. The highest BCUT2D eigenvalue weighted by Crippen LogP contribution is 2.35. The van der Waals surface area contributed by atoms with Gasteiger partial charge in [-0.3, -0.25) is 0 Å². The monoisotopic (exact) mass is 260 g/mol. The Morgan fingerprint density at radius 2 is 1.76 bits per heavy atom. The van der Waals surface area contributed by atoms with Crippen LogP contribution in [-0.4, -0.2) is 4.98 Å². The van der Waals surface area contributed by atoms with Gasteiger partial charge in [-0.1, -0.05) is 47.5 Å². The molecule has 0 atom stereocenters. The van der Waals surface area contributed by atoms with E-state index >= 15 is 0 Å². The Bertz CT molecular complexity index is 671. The Morgan fingerprint density at radius 1 is 1.00 bits per heavy atom. The van der Waals surface area contributed by atoms with E-state index in [1.807, 2.05) is 42.5 Å². The van der Waals surface area contributed by atoms with Gasteiger partial charge in [0.1, 0.15) is 0 Å². The molecule has 0 aliphatic heterocycles. The summed E-state index contributed by atoms with van der Waals surface area (Å²) < 4.78 is 0. The van der Waals surface area contributed by atoms with Crippen molar-refractivity contribution in [1.82, 2.24) is 4.98 Å². The van der Waals surface area contributed by atoms with Crippen LogP contribution >= 0.6 is 23.2 Å². The summed E-state index contributed by atoms with van der Waals surface area (Å²) in [7, 11) is 0. The second-order valence-electron chi connectivity index (χ2n) is 3.79. The van der Waals surface area contributed by atoms with Crippen LogP contribution in [0.4, 0.5) is 0 Å². The Kier molecular flexibility index (Phi) is 2.58. The zero-order valence-corrected chi connectivity index (χ0v) is 10.3. The lowest BCUT2D eigenvalue weighted by molar-refractivity contribution is 1.45. The summed E-state index contributed by atoms with van der Waals surface area (Å²) in [6.45, 7) is 0. The second-order valence-corrected chi connectivity index (χ2v) is 4.61. The van der Waals surface area contributed by atoms with Crippen LogP contribution < -0.4 is 0 Å². The number of rotatable bonds is 1. The van der Waals surface area contributed by atoms with E-state index in [0.717, 1.165) is 22.2 Å². The molecule has 0 aliphatic carbocycles. The van der Waals surface area contributed by atoms with Gasteiger partial charge < -0.3 is 4.98 Å². The van der Waals surface area contributed by atoms with Crippen LogP contribution in [0.5, 0.6) is 0 Å². The first kappa shape index (κ1) is 10.7. The Morgan fingerprint density at radius 3 is 2.53 bits per heavy atom. The summed E-state index contributed by atoms with van der Waals surface area (Å²) in [5.41, 5.74) is 2.95. The van der Waals surface area contributed by atoms with E-state index in [-0.39, 0.29) is 0 Å². The molecular formula is C14H8Cl2N. The highest BCUT2D eigenvalue weighted by atomic mass is 35.5. The molecule has 1 aromatic heterocycles. The van der Waals surface area contributed by atoms with Crippen LogP contribution in [0.25, 0.3) is 22.2 Å². The molecule has 0 aliphatic rings. The van der Waals surface area contributed by atoms with Gasteiger partial charge in [0.05, 0.1) is 10.7 Å². The Hall–Kier alpha value is -1.44. The lowest BCUT2D eigenvalue weighted by Crippen LogP contribution is -1.76. The van der Waals surface area contributed by atoms with Crippen molar-refractivity contribution >= 4 is 34.1 Å². The predicted molar refractivity (Wildman–Crippen MR) is 72.6 cm³/mol. The van der Waals surface area contributed by atoms with Gasteiger partial charge >= 0.3 is 0 Å². The van der Waals surface area contributed by atoms with Crippen molar-refractivity contribution in [2.24, 2.45) is 0 Å². The van der Waals surface area contributed by atoms with Crippen LogP contribution in [0.2, 0.25) is 10.0 Å². The largest absolute Gasteiger partial charge is 0.353 e. The average Bonchev–Trinajstić information content (AvgIpc) is 2.68. The molecule has 0 bridgehead atoms. The van der Waals surface area contributed by atoms with E-state index in [1.54, 1.807) is 0 Å². The Labute approximate surface area is 109 Å². The van der Waals surface area contributed by atoms with Crippen molar-refractivity contribution in [3.05, 3.63) is 58.6 Å². The molecule has 3 rings (SSSR count). The fourth-order valence-electron chi connectivity index (χ4n) is 1.88. The van der Waals surface area contributed by atoms with Gasteiger partial charge in [-0.2, -0.15) is 0 Å². The van der Waals surface area contributed by atoms with Crippen molar-refractivity contribution < 1.29 is 0 Å². The van der Waals surface area contributed by atoms with Crippen LogP contribution in [0.1, 0.15) is 0 Å². The van der Waals surface area contributed by atoms with Gasteiger partial charge in [0, 0.05) is 15.9 Å². The topological polar surface area (TPSA) is 15.8 Å². The summed E-state index contributed by atoms with van der Waals surface area (Å²) in [6, 6.07) is 16.3. The van der Waals surface area contributed by atoms with Crippen molar-refractivity contribution in [2.75, 3.05) is 0 Å². The molecule has 1 nitrogen and oxygen atoms in total. The molecule has 2 aromatic carbocycles. The normalized spacial score (nSPS) is 10.9. The SMILES string of the molecule is Clc1ccc2[nH]c(-c3cc[c]cc3)c(Cl)c2c1. The number of benzene rings is 2. The maximum Gasteiger partial charge on any atom is 0.0740 e. The number of H-pyrrole nitrogens is 1. The van der Waals surface area contributed by atoms with Crippen molar-refractivity contribution in [1.29, 1.82) is 0 Å². The van der Waals surface area contributed by atoms with Crippen molar-refractivity contribution in [2.45, 2.75) is 0 Å². The zero-order valence-electron chi connectivity index (χ0n) is 8.80. The van der Waals surface area contributed by atoms with Crippen LogP contribution in [0.3, 0.4) is 0 Å². The highest BCUT2D eigenvalue weighted by molar-refractivity contribution is 6.39. The zero-order chi connectivity index (χ0) is 11.8. The third-order valence-electron chi connectivity index (χ3n) is 2.70. The molecule has 0 spiro atoms. The summed E-state index contributed by atoms with van der Waals surface area (Å²) in [5, 5.41) is 2.34. The maximum atomic E-state index is 6.36. The molecular weight excluding hydrogens is 253 g/mol. The minimum atomic E-state index is 0.686. The van der Waals surface area contributed by atoms with E-state index in [9.17, 15) is 0 Å². The second kappa shape index (κ2) is 4.10. The molecule has 83 valence electrons. The number of aromatic nitrogens is 1. The smallest absolute Gasteiger partial charge is 0.0740 e. The van der Waals surface area contributed by atoms with E-state index in [4.69, 9.17) is 23.2 Å². The lowest BCUT2D eigenvalue weighted by atomic mass is 10.1. The average molecular weight is 261 g/mol. The number of nitrogens with one attached hydrogen (secondary N) is 1. The minimum Gasteiger partial charge on any atom is -0.353 e. The molecule has 1 N–H and O–H groups in total. The van der Waals surface area contributed by atoms with Gasteiger partial charge in [0.15, 0.2) is 0 Å². The van der Waals surface area contributed by atoms with Gasteiger partial charge in [-0.05, 0) is 29.8 Å². The molecule has 0 amide bonds. The molecule has 0 fully saturated rings. The molecule has 0 saturated heterocycles. The third kappa shape index (κ3) is 1.82. The maximum absolute atomic E-state index is 6.36. The summed E-state index contributed by atoms with van der Waals surface area (Å²) >= 11 is 12.3. The molecule has 3 heteroatoms. The molecule has 0 saturated carbocycles. The number of hydrogen-bond acceptors (Lipinski definition) is 0. The first-order chi connectivity index (χ1) is 8.25. The standard InChI is InChI=1S/C14H8Cl2N/c15-10-6-7-12-11(8-10)13(16)14(17-12)9-4-2-1-3-5-9/h2-8,17H. The summed E-state index contributed by atoms with van der Waals surface area (Å²) in [5.74, 6) is 0. The van der Waals surface area contributed by atoms with E-state index in [1.165, 1.54) is 0 Å². The fraction of sp³-hybridized carbons (Fsp3) is 0.